The van der Waals surface area contributed by atoms with E-state index >= 15 is 0 Å². The number of thiophene rings is 1. The van der Waals surface area contributed by atoms with Crippen molar-refractivity contribution in [2.24, 2.45) is 0 Å². The number of ether oxygens (including phenoxy) is 1. The first-order valence-corrected chi connectivity index (χ1v) is 11.3. The molecule has 0 aliphatic carbocycles. The standard InChI is InChI=1S/C24H24N2O2S2/c1-3-28-23(27)21-20(18-11-5-4-6-12-18)16(2)30-22(21)25-24(29)26-15-9-13-17-10-7-8-14-19(17)26/h4-8,10-12,14H,3,9,13,15H2,1-2H3,(H,25,29). The Hall–Kier alpha value is -2.70. The van der Waals surface area contributed by atoms with E-state index in [1.807, 2.05) is 50.2 Å². The molecule has 0 saturated heterocycles. The predicted octanol–water partition coefficient (Wildman–Crippen LogP) is 6.05. The first-order valence-electron chi connectivity index (χ1n) is 10.1. The molecule has 0 saturated carbocycles. The SMILES string of the molecule is CCOC(=O)c1c(NC(=S)N2CCCc3ccccc32)sc(C)c1-c1ccccc1. The van der Waals surface area contributed by atoms with Crippen LogP contribution in [0.2, 0.25) is 0 Å². The molecule has 0 spiro atoms. The summed E-state index contributed by atoms with van der Waals surface area (Å²) in [6.45, 7) is 5.03. The van der Waals surface area contributed by atoms with E-state index in [9.17, 15) is 4.79 Å². The number of rotatable bonds is 4. The van der Waals surface area contributed by atoms with Crippen LogP contribution >= 0.6 is 23.6 Å². The lowest BCUT2D eigenvalue weighted by Gasteiger charge is -2.31. The van der Waals surface area contributed by atoms with Gasteiger partial charge in [-0.1, -0.05) is 48.5 Å². The number of nitrogens with one attached hydrogen (secondary N) is 1. The summed E-state index contributed by atoms with van der Waals surface area (Å²) in [6.07, 6.45) is 2.10. The lowest BCUT2D eigenvalue weighted by atomic mass is 10.0. The van der Waals surface area contributed by atoms with E-state index in [1.165, 1.54) is 16.9 Å². The maximum atomic E-state index is 12.9. The molecule has 0 bridgehead atoms. The van der Waals surface area contributed by atoms with Crippen molar-refractivity contribution in [2.45, 2.75) is 26.7 Å². The van der Waals surface area contributed by atoms with Gasteiger partial charge < -0.3 is 15.0 Å². The highest BCUT2D eigenvalue weighted by Gasteiger charge is 2.27. The summed E-state index contributed by atoms with van der Waals surface area (Å²) >= 11 is 7.32. The van der Waals surface area contributed by atoms with Gasteiger partial charge in [0.2, 0.25) is 0 Å². The normalized spacial score (nSPS) is 12.9. The number of para-hydroxylation sites is 1. The van der Waals surface area contributed by atoms with E-state index < -0.39 is 0 Å². The molecule has 0 unspecified atom stereocenters. The highest BCUT2D eigenvalue weighted by atomic mass is 32.1. The van der Waals surface area contributed by atoms with Crippen LogP contribution in [-0.4, -0.2) is 24.2 Å². The number of nitrogens with zero attached hydrogens (tertiary/aromatic N) is 1. The molecule has 154 valence electrons. The third kappa shape index (κ3) is 3.98. The van der Waals surface area contributed by atoms with Crippen molar-refractivity contribution in [1.29, 1.82) is 0 Å². The predicted molar refractivity (Wildman–Crippen MR) is 129 cm³/mol. The van der Waals surface area contributed by atoms with E-state index in [4.69, 9.17) is 17.0 Å². The molecule has 2 heterocycles. The third-order valence-corrected chi connectivity index (χ3v) is 6.55. The minimum absolute atomic E-state index is 0.325. The average molecular weight is 437 g/mol. The largest absolute Gasteiger partial charge is 0.462 e. The van der Waals surface area contributed by atoms with Crippen molar-refractivity contribution < 1.29 is 9.53 Å². The van der Waals surface area contributed by atoms with E-state index in [0.29, 0.717) is 17.3 Å². The monoisotopic (exact) mass is 436 g/mol. The summed E-state index contributed by atoms with van der Waals surface area (Å²) in [5.41, 5.74) is 4.89. The zero-order chi connectivity index (χ0) is 21.1. The molecule has 1 aromatic heterocycles. The molecule has 0 radical (unpaired) electrons. The zero-order valence-corrected chi connectivity index (χ0v) is 18.7. The van der Waals surface area contributed by atoms with Crippen LogP contribution in [0.4, 0.5) is 10.7 Å². The van der Waals surface area contributed by atoms with Crippen LogP contribution in [0.5, 0.6) is 0 Å². The summed E-state index contributed by atoms with van der Waals surface area (Å²) in [4.78, 5) is 16.1. The van der Waals surface area contributed by atoms with Gasteiger partial charge in [-0.3, -0.25) is 0 Å². The number of thiocarbonyl (C=S) groups is 1. The van der Waals surface area contributed by atoms with Crippen LogP contribution in [0.1, 0.15) is 34.1 Å². The number of aryl methyl sites for hydroxylation is 2. The van der Waals surface area contributed by atoms with Gasteiger partial charge in [0.25, 0.3) is 0 Å². The molecular formula is C24H24N2O2S2. The summed E-state index contributed by atoms with van der Waals surface area (Å²) in [6, 6.07) is 18.3. The van der Waals surface area contributed by atoms with Crippen LogP contribution in [0.3, 0.4) is 0 Å². The van der Waals surface area contributed by atoms with Crippen LogP contribution < -0.4 is 10.2 Å². The Balaban J connectivity index is 1.71. The highest BCUT2D eigenvalue weighted by Crippen LogP contribution is 2.41. The molecule has 4 rings (SSSR count). The third-order valence-electron chi connectivity index (χ3n) is 5.20. The minimum Gasteiger partial charge on any atom is -0.462 e. The quantitative estimate of drug-likeness (QED) is 0.398. The average Bonchev–Trinajstić information content (AvgIpc) is 3.09. The number of anilines is 2. The Kier molecular flexibility index (Phi) is 6.16. The van der Waals surface area contributed by atoms with Gasteiger partial charge in [0.1, 0.15) is 10.6 Å². The van der Waals surface area contributed by atoms with Crippen molar-refractivity contribution in [2.75, 3.05) is 23.4 Å². The molecule has 1 aliphatic rings. The van der Waals surface area contributed by atoms with E-state index in [0.717, 1.165) is 46.1 Å². The number of benzene rings is 2. The fourth-order valence-corrected chi connectivity index (χ4v) is 5.31. The van der Waals surface area contributed by atoms with Crippen molar-refractivity contribution in [3.63, 3.8) is 0 Å². The lowest BCUT2D eigenvalue weighted by Crippen LogP contribution is -2.38. The zero-order valence-electron chi connectivity index (χ0n) is 17.1. The van der Waals surface area contributed by atoms with Gasteiger partial charge in [-0.05, 0) is 56.1 Å². The van der Waals surface area contributed by atoms with E-state index in [1.54, 1.807) is 0 Å². The highest BCUT2D eigenvalue weighted by molar-refractivity contribution is 7.80. The first-order chi connectivity index (χ1) is 14.6. The lowest BCUT2D eigenvalue weighted by molar-refractivity contribution is 0.0529. The summed E-state index contributed by atoms with van der Waals surface area (Å²) in [5, 5.41) is 4.71. The second kappa shape index (κ2) is 8.98. The van der Waals surface area contributed by atoms with Gasteiger partial charge >= 0.3 is 5.97 Å². The van der Waals surface area contributed by atoms with Gasteiger partial charge in [-0.2, -0.15) is 0 Å². The molecule has 3 aromatic rings. The topological polar surface area (TPSA) is 41.6 Å². The Morgan fingerprint density at radius 3 is 2.67 bits per heavy atom. The molecule has 4 nitrogen and oxygen atoms in total. The number of hydrogen-bond acceptors (Lipinski definition) is 4. The van der Waals surface area contributed by atoms with E-state index in [2.05, 4.69) is 28.4 Å². The summed E-state index contributed by atoms with van der Waals surface area (Å²) < 4.78 is 5.40. The number of hydrogen-bond donors (Lipinski definition) is 1. The fourth-order valence-electron chi connectivity index (χ4n) is 3.89. The molecule has 0 fully saturated rings. The Morgan fingerprint density at radius 2 is 1.90 bits per heavy atom. The van der Waals surface area contributed by atoms with Crippen LogP contribution in [-0.2, 0) is 11.2 Å². The van der Waals surface area contributed by atoms with Crippen LogP contribution in [0, 0.1) is 6.92 Å². The van der Waals surface area contributed by atoms with Gasteiger partial charge in [-0.15, -0.1) is 11.3 Å². The molecule has 2 aromatic carbocycles. The number of carbonyl (C=O) groups excluding carboxylic acids is 1. The molecule has 1 aliphatic heterocycles. The van der Waals surface area contributed by atoms with Crippen molar-refractivity contribution in [3.8, 4) is 11.1 Å². The van der Waals surface area contributed by atoms with Crippen molar-refractivity contribution >= 4 is 45.3 Å². The van der Waals surface area contributed by atoms with Crippen LogP contribution in [0.25, 0.3) is 11.1 Å². The molecule has 6 heteroatoms. The Morgan fingerprint density at radius 1 is 1.17 bits per heavy atom. The van der Waals surface area contributed by atoms with Gasteiger partial charge in [0.05, 0.1) is 6.61 Å². The summed E-state index contributed by atoms with van der Waals surface area (Å²) in [5.74, 6) is -0.329. The van der Waals surface area contributed by atoms with Crippen molar-refractivity contribution in [1.82, 2.24) is 0 Å². The molecular weight excluding hydrogens is 412 g/mol. The molecule has 0 amide bonds. The van der Waals surface area contributed by atoms with Gasteiger partial charge in [-0.25, -0.2) is 4.79 Å². The molecule has 30 heavy (non-hydrogen) atoms. The number of fused-ring (bicyclic) bond motifs is 1. The fraction of sp³-hybridized carbons (Fsp3) is 0.250. The first kappa shape index (κ1) is 20.6. The summed E-state index contributed by atoms with van der Waals surface area (Å²) in [7, 11) is 0. The maximum Gasteiger partial charge on any atom is 0.341 e. The number of esters is 1. The second-order valence-corrected chi connectivity index (χ2v) is 8.75. The molecule has 1 N–H and O–H groups in total. The Labute approximate surface area is 186 Å². The maximum absolute atomic E-state index is 12.9. The van der Waals surface area contributed by atoms with Crippen LogP contribution in [0.15, 0.2) is 54.6 Å². The molecule has 0 atom stereocenters. The number of carbonyl (C=O) groups is 1. The Bertz CT molecular complexity index is 1080. The van der Waals surface area contributed by atoms with Gasteiger partial charge in [0.15, 0.2) is 5.11 Å². The smallest absolute Gasteiger partial charge is 0.341 e. The minimum atomic E-state index is -0.329. The second-order valence-electron chi connectivity index (χ2n) is 7.14. The van der Waals surface area contributed by atoms with Crippen molar-refractivity contribution in [3.05, 3.63) is 70.6 Å². The van der Waals surface area contributed by atoms with Gasteiger partial charge in [0, 0.05) is 22.7 Å². The van der Waals surface area contributed by atoms with E-state index in [-0.39, 0.29) is 5.97 Å².